The molecule has 2 aromatic rings. The van der Waals surface area contributed by atoms with Crippen LogP contribution in [0.15, 0.2) is 35.1 Å². The van der Waals surface area contributed by atoms with Crippen molar-refractivity contribution < 1.29 is 4.92 Å². The third-order valence-corrected chi connectivity index (χ3v) is 2.71. The first-order chi connectivity index (χ1) is 8.99. The van der Waals surface area contributed by atoms with Gasteiger partial charge in [-0.1, -0.05) is 26.0 Å². The second kappa shape index (κ2) is 5.01. The Morgan fingerprint density at radius 1 is 1.32 bits per heavy atom. The lowest BCUT2D eigenvalue weighted by Crippen LogP contribution is -2.11. The summed E-state index contributed by atoms with van der Waals surface area (Å²) in [6.07, 6.45) is 0. The summed E-state index contributed by atoms with van der Waals surface area (Å²) in [5.74, 6) is 0.298. The van der Waals surface area contributed by atoms with E-state index >= 15 is 0 Å². The Morgan fingerprint density at radius 3 is 2.63 bits per heavy atom. The number of aromatic amines is 1. The minimum Gasteiger partial charge on any atom is -0.306 e. The Labute approximate surface area is 109 Å². The molecule has 6 nitrogen and oxygen atoms in total. The SMILES string of the molecule is CC(C)c1cc(=O)[nH]c(-c2ccccc2[N+](=O)[O-])n1. The molecule has 0 bridgehead atoms. The van der Waals surface area contributed by atoms with Crippen molar-refractivity contribution in [2.45, 2.75) is 19.8 Å². The van der Waals surface area contributed by atoms with Gasteiger partial charge in [0, 0.05) is 12.1 Å². The normalized spacial score (nSPS) is 10.7. The van der Waals surface area contributed by atoms with Gasteiger partial charge in [0.2, 0.25) is 0 Å². The minimum absolute atomic E-state index is 0.0730. The van der Waals surface area contributed by atoms with E-state index in [1.807, 2.05) is 13.8 Å². The molecule has 2 rings (SSSR count). The maximum absolute atomic E-state index is 11.6. The van der Waals surface area contributed by atoms with Crippen molar-refractivity contribution in [1.29, 1.82) is 0 Å². The molecule has 0 aliphatic carbocycles. The quantitative estimate of drug-likeness (QED) is 0.677. The Kier molecular flexibility index (Phi) is 3.41. The lowest BCUT2D eigenvalue weighted by atomic mass is 10.1. The summed E-state index contributed by atoms with van der Waals surface area (Å²) in [6.45, 7) is 3.82. The molecule has 0 spiro atoms. The van der Waals surface area contributed by atoms with Gasteiger partial charge >= 0.3 is 0 Å². The maximum Gasteiger partial charge on any atom is 0.280 e. The first-order valence-corrected chi connectivity index (χ1v) is 5.84. The maximum atomic E-state index is 11.6. The van der Waals surface area contributed by atoms with Crippen LogP contribution >= 0.6 is 0 Å². The molecule has 1 heterocycles. The van der Waals surface area contributed by atoms with Gasteiger partial charge in [-0.05, 0) is 12.0 Å². The second-order valence-corrected chi connectivity index (χ2v) is 4.45. The molecule has 0 saturated carbocycles. The van der Waals surface area contributed by atoms with E-state index in [1.54, 1.807) is 18.2 Å². The zero-order valence-corrected chi connectivity index (χ0v) is 10.6. The first-order valence-electron chi connectivity index (χ1n) is 5.84. The number of aromatic nitrogens is 2. The number of H-pyrrole nitrogens is 1. The van der Waals surface area contributed by atoms with Crippen molar-refractivity contribution in [3.05, 3.63) is 56.5 Å². The van der Waals surface area contributed by atoms with E-state index < -0.39 is 4.92 Å². The van der Waals surface area contributed by atoms with Crippen LogP contribution in [-0.4, -0.2) is 14.9 Å². The van der Waals surface area contributed by atoms with Crippen molar-refractivity contribution in [2.75, 3.05) is 0 Å². The van der Waals surface area contributed by atoms with Gasteiger partial charge in [0.1, 0.15) is 5.82 Å². The molecule has 0 unspecified atom stereocenters. The summed E-state index contributed by atoms with van der Waals surface area (Å²) in [6, 6.07) is 7.61. The molecule has 0 aliphatic rings. The van der Waals surface area contributed by atoms with Gasteiger partial charge in [-0.3, -0.25) is 14.9 Å². The monoisotopic (exact) mass is 259 g/mol. The summed E-state index contributed by atoms with van der Waals surface area (Å²) < 4.78 is 0. The molecule has 1 aromatic carbocycles. The van der Waals surface area contributed by atoms with Crippen LogP contribution < -0.4 is 5.56 Å². The van der Waals surface area contributed by atoms with E-state index in [0.717, 1.165) is 0 Å². The molecular formula is C13H13N3O3. The number of nitro groups is 1. The van der Waals surface area contributed by atoms with Crippen LogP contribution in [0.1, 0.15) is 25.5 Å². The molecular weight excluding hydrogens is 246 g/mol. The standard InChI is InChI=1S/C13H13N3O3/c1-8(2)10-7-12(17)15-13(14-10)9-5-3-4-6-11(9)16(18)19/h3-8H,1-2H3,(H,14,15,17). The van der Waals surface area contributed by atoms with E-state index in [-0.39, 0.29) is 23.0 Å². The molecule has 6 heteroatoms. The number of para-hydroxylation sites is 1. The van der Waals surface area contributed by atoms with Crippen LogP contribution in [0.25, 0.3) is 11.4 Å². The average Bonchev–Trinajstić information content (AvgIpc) is 2.37. The molecule has 0 amide bonds. The number of hydrogen-bond acceptors (Lipinski definition) is 4. The zero-order chi connectivity index (χ0) is 14.0. The van der Waals surface area contributed by atoms with Crippen LogP contribution in [0.4, 0.5) is 5.69 Å². The van der Waals surface area contributed by atoms with E-state index in [4.69, 9.17) is 0 Å². The number of benzene rings is 1. The van der Waals surface area contributed by atoms with Crippen molar-refractivity contribution in [2.24, 2.45) is 0 Å². The van der Waals surface area contributed by atoms with Crippen LogP contribution in [0.3, 0.4) is 0 Å². The van der Waals surface area contributed by atoms with Gasteiger partial charge in [0.25, 0.3) is 11.2 Å². The fourth-order valence-electron chi connectivity index (χ4n) is 1.73. The summed E-state index contributed by atoms with van der Waals surface area (Å²) in [5.41, 5.74) is 0.530. The van der Waals surface area contributed by atoms with Crippen molar-refractivity contribution in [3.63, 3.8) is 0 Å². The first kappa shape index (κ1) is 12.9. The van der Waals surface area contributed by atoms with Gasteiger partial charge in [-0.2, -0.15) is 0 Å². The van der Waals surface area contributed by atoms with E-state index in [9.17, 15) is 14.9 Å². The highest BCUT2D eigenvalue weighted by Crippen LogP contribution is 2.26. The molecule has 0 aliphatic heterocycles. The highest BCUT2D eigenvalue weighted by Gasteiger charge is 2.17. The van der Waals surface area contributed by atoms with E-state index in [2.05, 4.69) is 9.97 Å². The number of nitro benzene ring substituents is 1. The third kappa shape index (κ3) is 2.67. The molecule has 1 aromatic heterocycles. The molecule has 0 radical (unpaired) electrons. The van der Waals surface area contributed by atoms with Crippen LogP contribution in [0.2, 0.25) is 0 Å². The Bertz CT molecular complexity index is 677. The zero-order valence-electron chi connectivity index (χ0n) is 10.6. The predicted molar refractivity (Wildman–Crippen MR) is 71.0 cm³/mol. The fraction of sp³-hybridized carbons (Fsp3) is 0.231. The second-order valence-electron chi connectivity index (χ2n) is 4.45. The van der Waals surface area contributed by atoms with Gasteiger partial charge in [-0.25, -0.2) is 4.98 Å². The number of nitrogens with one attached hydrogen (secondary N) is 1. The number of rotatable bonds is 3. The smallest absolute Gasteiger partial charge is 0.280 e. The van der Waals surface area contributed by atoms with E-state index in [0.29, 0.717) is 11.3 Å². The van der Waals surface area contributed by atoms with Gasteiger partial charge < -0.3 is 4.98 Å². The largest absolute Gasteiger partial charge is 0.306 e. The molecule has 98 valence electrons. The van der Waals surface area contributed by atoms with Gasteiger partial charge in [0.05, 0.1) is 16.2 Å². The fourth-order valence-corrected chi connectivity index (χ4v) is 1.73. The van der Waals surface area contributed by atoms with Gasteiger partial charge in [-0.15, -0.1) is 0 Å². The van der Waals surface area contributed by atoms with Crippen LogP contribution in [-0.2, 0) is 0 Å². The number of hydrogen-bond donors (Lipinski definition) is 1. The topological polar surface area (TPSA) is 88.9 Å². The van der Waals surface area contributed by atoms with Crippen molar-refractivity contribution in [1.82, 2.24) is 9.97 Å². The summed E-state index contributed by atoms with van der Waals surface area (Å²) >= 11 is 0. The molecule has 19 heavy (non-hydrogen) atoms. The van der Waals surface area contributed by atoms with Gasteiger partial charge in [0.15, 0.2) is 0 Å². The highest BCUT2D eigenvalue weighted by molar-refractivity contribution is 5.67. The van der Waals surface area contributed by atoms with E-state index in [1.165, 1.54) is 12.1 Å². The Hall–Kier alpha value is -2.50. The van der Waals surface area contributed by atoms with Crippen LogP contribution in [0, 0.1) is 10.1 Å². The lowest BCUT2D eigenvalue weighted by molar-refractivity contribution is -0.384. The molecule has 0 atom stereocenters. The van der Waals surface area contributed by atoms with Crippen molar-refractivity contribution in [3.8, 4) is 11.4 Å². The lowest BCUT2D eigenvalue weighted by Gasteiger charge is -2.07. The molecule has 1 N–H and O–H groups in total. The molecule has 0 fully saturated rings. The Morgan fingerprint density at radius 2 is 2.00 bits per heavy atom. The number of nitrogens with zero attached hydrogens (tertiary/aromatic N) is 2. The van der Waals surface area contributed by atoms with Crippen LogP contribution in [0.5, 0.6) is 0 Å². The Balaban J connectivity index is 2.66. The third-order valence-electron chi connectivity index (χ3n) is 2.71. The molecule has 0 saturated heterocycles. The summed E-state index contributed by atoms with van der Waals surface area (Å²) in [5, 5.41) is 11.0. The van der Waals surface area contributed by atoms with Crippen molar-refractivity contribution >= 4 is 5.69 Å². The predicted octanol–water partition coefficient (Wildman–Crippen LogP) is 2.47. The average molecular weight is 259 g/mol. The minimum atomic E-state index is -0.489. The summed E-state index contributed by atoms with van der Waals surface area (Å²) in [4.78, 5) is 28.9. The highest BCUT2D eigenvalue weighted by atomic mass is 16.6. The summed E-state index contributed by atoms with van der Waals surface area (Å²) in [7, 11) is 0.